The topological polar surface area (TPSA) is 73.2 Å². The van der Waals surface area contributed by atoms with Crippen LogP contribution in [0, 0.1) is 45.8 Å². The Balaban J connectivity index is 1.40. The van der Waals surface area contributed by atoms with Crippen molar-refractivity contribution >= 4 is 17.5 Å². The van der Waals surface area contributed by atoms with E-state index in [-0.39, 0.29) is 34.2 Å². The van der Waals surface area contributed by atoms with Gasteiger partial charge in [-0.2, -0.15) is 18.4 Å². The highest BCUT2D eigenvalue weighted by molar-refractivity contribution is 5.93. The molecule has 6 atom stereocenters. The third kappa shape index (κ3) is 3.88. The Bertz CT molecular complexity index is 1230. The summed E-state index contributed by atoms with van der Waals surface area (Å²) < 4.78 is 40.3. The molecule has 3 fully saturated rings. The molecule has 1 aromatic carbocycles. The van der Waals surface area contributed by atoms with E-state index in [4.69, 9.17) is 5.26 Å². The number of fused-ring (bicyclic) bond motifs is 5. The van der Waals surface area contributed by atoms with E-state index in [1.165, 1.54) is 17.3 Å². The minimum absolute atomic E-state index is 0.0478. The molecule has 1 aromatic rings. The normalized spacial score (nSPS) is 35.4. The molecule has 37 heavy (non-hydrogen) atoms. The van der Waals surface area contributed by atoms with Crippen molar-refractivity contribution in [2.24, 2.45) is 34.5 Å². The molecule has 2 amide bonds. The van der Waals surface area contributed by atoms with Gasteiger partial charge in [-0.3, -0.25) is 9.59 Å². The fourth-order valence-electron chi connectivity index (χ4n) is 8.72. The summed E-state index contributed by atoms with van der Waals surface area (Å²) in [5, 5.41) is 11.8. The number of carbonyl (C=O) groups is 2. The third-order valence-corrected chi connectivity index (χ3v) is 10.3. The maximum absolute atomic E-state index is 13.5. The fraction of sp³-hybridized carbons (Fsp3) is 0.621. The predicted molar refractivity (Wildman–Crippen MR) is 133 cm³/mol. The highest BCUT2D eigenvalue weighted by atomic mass is 19.4. The van der Waals surface area contributed by atoms with Gasteiger partial charge in [0.1, 0.15) is 0 Å². The summed E-state index contributed by atoms with van der Waals surface area (Å²) in [7, 11) is 1.90. The average molecular weight is 514 g/mol. The van der Waals surface area contributed by atoms with Crippen LogP contribution in [0.3, 0.4) is 0 Å². The number of nitriles is 1. The molecule has 1 N–H and O–H groups in total. The molecule has 198 valence electrons. The lowest BCUT2D eigenvalue weighted by atomic mass is 9.48. The summed E-state index contributed by atoms with van der Waals surface area (Å²) in [5.41, 5.74) is 0.772. The van der Waals surface area contributed by atoms with Crippen LogP contribution >= 0.6 is 0 Å². The number of amides is 2. The number of halogens is 3. The number of allylic oxidation sites excluding steroid dienone is 2. The van der Waals surface area contributed by atoms with Crippen molar-refractivity contribution in [3.8, 4) is 6.07 Å². The molecule has 1 saturated heterocycles. The summed E-state index contributed by atoms with van der Waals surface area (Å²) in [6, 6.07) is 4.93. The van der Waals surface area contributed by atoms with Crippen molar-refractivity contribution in [2.45, 2.75) is 71.9 Å². The van der Waals surface area contributed by atoms with Gasteiger partial charge in [-0.15, -0.1) is 0 Å². The van der Waals surface area contributed by atoms with Gasteiger partial charge in [-0.05, 0) is 86.8 Å². The van der Waals surface area contributed by atoms with Crippen LogP contribution < -0.4 is 5.32 Å². The van der Waals surface area contributed by atoms with Crippen LogP contribution in [0.2, 0.25) is 0 Å². The van der Waals surface area contributed by atoms with Crippen molar-refractivity contribution in [1.82, 2.24) is 4.90 Å². The molecule has 3 aliphatic carbocycles. The number of rotatable bonds is 2. The molecule has 1 heterocycles. The van der Waals surface area contributed by atoms with Gasteiger partial charge in [0.25, 0.3) is 0 Å². The first kappa shape index (κ1) is 25.8. The summed E-state index contributed by atoms with van der Waals surface area (Å²) in [6.07, 6.45) is 1.17. The minimum Gasteiger partial charge on any atom is -0.326 e. The summed E-state index contributed by atoms with van der Waals surface area (Å²) in [4.78, 5) is 27.8. The Morgan fingerprint density at radius 1 is 1.16 bits per heavy atom. The number of carbonyl (C=O) groups excluding carboxylic acids is 2. The average Bonchev–Trinajstić information content (AvgIpc) is 3.18. The number of nitrogens with zero attached hydrogens (tertiary/aromatic N) is 2. The van der Waals surface area contributed by atoms with E-state index >= 15 is 0 Å². The van der Waals surface area contributed by atoms with Crippen molar-refractivity contribution in [1.29, 1.82) is 5.26 Å². The molecule has 0 aromatic heterocycles. The lowest BCUT2D eigenvalue weighted by Crippen LogP contribution is -2.54. The third-order valence-electron chi connectivity index (χ3n) is 10.3. The Labute approximate surface area is 216 Å². The van der Waals surface area contributed by atoms with Gasteiger partial charge in [0.15, 0.2) is 0 Å². The van der Waals surface area contributed by atoms with Gasteiger partial charge in [-0.1, -0.05) is 19.4 Å². The van der Waals surface area contributed by atoms with Crippen molar-refractivity contribution < 1.29 is 22.8 Å². The molecule has 2 saturated carbocycles. The number of nitrogens with one attached hydrogen (secondary N) is 1. The largest absolute Gasteiger partial charge is 0.417 e. The highest BCUT2D eigenvalue weighted by Gasteiger charge is 2.61. The predicted octanol–water partition coefficient (Wildman–Crippen LogP) is 6.51. The smallest absolute Gasteiger partial charge is 0.326 e. The summed E-state index contributed by atoms with van der Waals surface area (Å²) in [5.74, 6) is 0.898. The molecule has 0 spiro atoms. The molecule has 0 bridgehead atoms. The molecule has 4 aliphatic rings. The molecule has 0 radical (unpaired) electrons. The quantitative estimate of drug-likeness (QED) is 0.490. The van der Waals surface area contributed by atoms with Crippen molar-refractivity contribution in [2.75, 3.05) is 12.4 Å². The van der Waals surface area contributed by atoms with Gasteiger partial charge >= 0.3 is 6.18 Å². The number of piperidine rings is 1. The van der Waals surface area contributed by atoms with Gasteiger partial charge in [0, 0.05) is 36.2 Å². The Morgan fingerprint density at radius 3 is 2.57 bits per heavy atom. The highest BCUT2D eigenvalue weighted by Crippen LogP contribution is 2.67. The molecule has 8 heteroatoms. The zero-order valence-corrected chi connectivity index (χ0v) is 21.8. The second kappa shape index (κ2) is 8.61. The summed E-state index contributed by atoms with van der Waals surface area (Å²) >= 11 is 0. The lowest BCUT2D eigenvalue weighted by molar-refractivity contribution is -0.138. The zero-order chi connectivity index (χ0) is 26.9. The van der Waals surface area contributed by atoms with Crippen molar-refractivity contribution in [3.63, 3.8) is 0 Å². The summed E-state index contributed by atoms with van der Waals surface area (Å²) in [6.45, 7) is 6.65. The first-order valence-electron chi connectivity index (χ1n) is 13.2. The minimum atomic E-state index is -4.67. The zero-order valence-electron chi connectivity index (χ0n) is 21.8. The molecular weight excluding hydrogens is 479 g/mol. The van der Waals surface area contributed by atoms with Crippen LogP contribution in [-0.4, -0.2) is 23.8 Å². The second-order valence-corrected chi connectivity index (χ2v) is 12.1. The molecule has 1 aliphatic heterocycles. The number of likely N-dealkylation sites (tertiary alicyclic amines) is 1. The van der Waals surface area contributed by atoms with E-state index in [1.54, 1.807) is 6.07 Å². The van der Waals surface area contributed by atoms with Gasteiger partial charge < -0.3 is 10.2 Å². The SMILES string of the molecule is CC1=C2N(C)C(=O)CC[C@]2(C)[C@@H]2CC[C@]3(C)C(C(=O)Nc4ccc(C#N)c(C(F)(F)F)c4)CC[C@H]3[C@@H]2C1. The van der Waals surface area contributed by atoms with Gasteiger partial charge in [0.05, 0.1) is 17.2 Å². The van der Waals surface area contributed by atoms with Crippen LogP contribution in [0.5, 0.6) is 0 Å². The monoisotopic (exact) mass is 513 g/mol. The van der Waals surface area contributed by atoms with Crippen LogP contribution in [0.4, 0.5) is 18.9 Å². The van der Waals surface area contributed by atoms with Gasteiger partial charge in [0.2, 0.25) is 11.8 Å². The van der Waals surface area contributed by atoms with Crippen molar-refractivity contribution in [3.05, 3.63) is 40.6 Å². The van der Waals surface area contributed by atoms with E-state index in [0.717, 1.165) is 44.2 Å². The Kier molecular flexibility index (Phi) is 6.01. The maximum Gasteiger partial charge on any atom is 0.417 e. The van der Waals surface area contributed by atoms with E-state index < -0.39 is 17.3 Å². The molecule has 1 unspecified atom stereocenters. The molecule has 5 rings (SSSR count). The fourth-order valence-corrected chi connectivity index (χ4v) is 8.72. The van der Waals surface area contributed by atoms with E-state index in [0.29, 0.717) is 30.6 Å². The first-order valence-corrected chi connectivity index (χ1v) is 13.2. The van der Waals surface area contributed by atoms with Crippen LogP contribution in [0.15, 0.2) is 29.5 Å². The number of alkyl halides is 3. The second-order valence-electron chi connectivity index (χ2n) is 12.1. The van der Waals surface area contributed by atoms with Crippen LogP contribution in [-0.2, 0) is 15.8 Å². The number of benzene rings is 1. The van der Waals surface area contributed by atoms with Crippen LogP contribution in [0.1, 0.15) is 76.8 Å². The van der Waals surface area contributed by atoms with E-state index in [9.17, 15) is 22.8 Å². The first-order chi connectivity index (χ1) is 17.3. The molecular formula is C29H34F3N3O2. The number of anilines is 1. The maximum atomic E-state index is 13.5. The molecule has 5 nitrogen and oxygen atoms in total. The van der Waals surface area contributed by atoms with Crippen LogP contribution in [0.25, 0.3) is 0 Å². The van der Waals surface area contributed by atoms with E-state index in [2.05, 4.69) is 26.1 Å². The van der Waals surface area contributed by atoms with E-state index in [1.807, 2.05) is 11.9 Å². The lowest BCUT2D eigenvalue weighted by Gasteiger charge is -2.59. The number of hydrogen-bond donors (Lipinski definition) is 1. The Morgan fingerprint density at radius 2 is 1.89 bits per heavy atom. The number of hydrogen-bond acceptors (Lipinski definition) is 3. The standard InChI is InChI=1S/C29H34F3N3O2/c1-16-13-19-20-7-8-22(26(37)34-18-6-5-17(15-33)23(14-18)29(30,31)32)27(20,2)11-9-21(19)28(3)12-10-24(36)35(4)25(16)28/h5-6,14,19-22H,7-13H2,1-4H3,(H,34,37)/t19-,20-,21+,22?,27-,28+/m0/s1. The Hall–Kier alpha value is -2.82. The van der Waals surface area contributed by atoms with Gasteiger partial charge in [-0.25, -0.2) is 0 Å².